The Morgan fingerprint density at radius 1 is 0.364 bits per heavy atom. The summed E-state index contributed by atoms with van der Waals surface area (Å²) in [5.41, 5.74) is 4.52. The molecule has 0 aliphatic carbocycles. The monoisotopic (exact) mass is 622 g/mol. The zero-order valence-corrected chi connectivity index (χ0v) is 26.8. The van der Waals surface area contributed by atoms with Crippen molar-refractivity contribution in [2.24, 2.45) is 0 Å². The van der Waals surface area contributed by atoms with Crippen molar-refractivity contribution in [2.75, 3.05) is 24.6 Å². The second kappa shape index (κ2) is 15.8. The predicted molar refractivity (Wildman–Crippen MR) is 183 cm³/mol. The highest BCUT2D eigenvalue weighted by Crippen LogP contribution is 2.51. The van der Waals surface area contributed by atoms with Crippen molar-refractivity contribution in [3.05, 3.63) is 168 Å². The molecule has 0 heterocycles. The van der Waals surface area contributed by atoms with Crippen molar-refractivity contribution in [3.63, 3.8) is 0 Å². The first-order chi connectivity index (χ1) is 21.5. The van der Waals surface area contributed by atoms with Crippen LogP contribution in [0.5, 0.6) is 11.5 Å². The summed E-state index contributed by atoms with van der Waals surface area (Å²) in [6, 6.07) is 47.6. The number of rotatable bonds is 16. The van der Waals surface area contributed by atoms with E-state index in [1.165, 1.54) is 0 Å². The van der Waals surface area contributed by atoms with Gasteiger partial charge in [0.1, 0.15) is 11.5 Å². The minimum atomic E-state index is -3.07. The van der Waals surface area contributed by atoms with Crippen LogP contribution in [-0.2, 0) is 34.8 Å². The molecule has 6 heteroatoms. The molecule has 0 fully saturated rings. The Bertz CT molecular complexity index is 1440. The summed E-state index contributed by atoms with van der Waals surface area (Å²) in [5.74, 6) is 0.953. The highest BCUT2D eigenvalue weighted by molar-refractivity contribution is 7.59. The lowest BCUT2D eigenvalue weighted by Gasteiger charge is -2.22. The van der Waals surface area contributed by atoms with E-state index in [-0.39, 0.29) is 0 Å². The van der Waals surface area contributed by atoms with Gasteiger partial charge in [-0.05, 0) is 60.1 Å². The maximum Gasteiger partial charge on any atom is 0.248 e. The number of hydrogen-bond donors (Lipinski definition) is 0. The molecule has 4 nitrogen and oxygen atoms in total. The second-order valence-electron chi connectivity index (χ2n) is 11.1. The van der Waals surface area contributed by atoms with E-state index >= 15 is 0 Å². The molecule has 0 saturated carbocycles. The summed E-state index contributed by atoms with van der Waals surface area (Å²) in [7, 11) is -6.15. The van der Waals surface area contributed by atoms with Crippen LogP contribution < -0.4 is 9.05 Å². The van der Waals surface area contributed by atoms with Crippen LogP contribution in [0.3, 0.4) is 0 Å². The van der Waals surface area contributed by atoms with Crippen molar-refractivity contribution in [1.82, 2.24) is 0 Å². The van der Waals surface area contributed by atoms with Crippen LogP contribution in [0.1, 0.15) is 22.3 Å². The maximum absolute atomic E-state index is 14.3. The molecule has 0 radical (unpaired) electrons. The summed E-state index contributed by atoms with van der Waals surface area (Å²) >= 11 is 0. The molecule has 0 aliphatic heterocycles. The van der Waals surface area contributed by atoms with Gasteiger partial charge in [-0.15, -0.1) is 0 Å². The summed E-state index contributed by atoms with van der Waals surface area (Å²) in [6.07, 6.45) is 4.38. The van der Waals surface area contributed by atoms with Crippen LogP contribution in [-0.4, -0.2) is 24.6 Å². The normalized spacial score (nSPS) is 11.6. The third-order valence-electron chi connectivity index (χ3n) is 7.69. The molecule has 226 valence electrons. The maximum atomic E-state index is 14.3. The molecule has 0 N–H and O–H groups in total. The molecular formula is C38H40O4P2. The van der Waals surface area contributed by atoms with Gasteiger partial charge < -0.3 is 9.05 Å². The first-order valence-corrected chi connectivity index (χ1v) is 19.3. The van der Waals surface area contributed by atoms with Crippen LogP contribution in [0.15, 0.2) is 146 Å². The predicted octanol–water partition coefficient (Wildman–Crippen LogP) is 9.97. The largest absolute Gasteiger partial charge is 0.443 e. The average Bonchev–Trinajstić information content (AvgIpc) is 3.07. The van der Waals surface area contributed by atoms with Gasteiger partial charge in [-0.25, -0.2) is 0 Å². The molecule has 5 aromatic carbocycles. The highest BCUT2D eigenvalue weighted by Gasteiger charge is 2.27. The molecule has 0 aromatic heterocycles. The van der Waals surface area contributed by atoms with Gasteiger partial charge in [0.15, 0.2) is 0 Å². The molecule has 5 aromatic rings. The van der Waals surface area contributed by atoms with Gasteiger partial charge in [0.2, 0.25) is 14.7 Å². The van der Waals surface area contributed by atoms with Gasteiger partial charge >= 0.3 is 0 Å². The SMILES string of the molecule is O=P(CCc1ccccc1)(CCc1ccccc1)Oc1cccc(OP(=O)(CCc2ccccc2)CCc2ccccc2)c1. The van der Waals surface area contributed by atoms with Gasteiger partial charge in [-0.1, -0.05) is 127 Å². The number of benzene rings is 5. The molecule has 0 spiro atoms. The fourth-order valence-electron chi connectivity index (χ4n) is 5.15. The van der Waals surface area contributed by atoms with Crippen molar-refractivity contribution in [3.8, 4) is 11.5 Å². The summed E-state index contributed by atoms with van der Waals surface area (Å²) < 4.78 is 41.3. The van der Waals surface area contributed by atoms with Gasteiger partial charge in [0.25, 0.3) is 0 Å². The summed E-state index contributed by atoms with van der Waals surface area (Å²) in [4.78, 5) is 0. The standard InChI is InChI=1S/C38H40O4P2/c39-43(28-24-33-14-5-1-6-15-33,29-25-34-16-7-2-8-17-34)41-37-22-13-23-38(32-37)42-44(40,30-26-35-18-9-3-10-19-35)31-27-36-20-11-4-12-21-36/h1-23,32H,24-31H2. The van der Waals surface area contributed by atoms with E-state index in [4.69, 9.17) is 9.05 Å². The molecular weight excluding hydrogens is 582 g/mol. The van der Waals surface area contributed by atoms with Crippen molar-refractivity contribution < 1.29 is 18.2 Å². The Hall–Kier alpha value is -3.84. The second-order valence-corrected chi connectivity index (χ2v) is 16.5. The van der Waals surface area contributed by atoms with E-state index in [0.29, 0.717) is 61.8 Å². The van der Waals surface area contributed by atoms with Crippen molar-refractivity contribution in [2.45, 2.75) is 25.7 Å². The molecule has 0 unspecified atom stereocenters. The van der Waals surface area contributed by atoms with Gasteiger partial charge in [0, 0.05) is 30.7 Å². The van der Waals surface area contributed by atoms with E-state index in [2.05, 4.69) is 48.5 Å². The smallest absolute Gasteiger partial charge is 0.248 e. The van der Waals surface area contributed by atoms with E-state index < -0.39 is 14.7 Å². The van der Waals surface area contributed by atoms with Crippen LogP contribution in [0.4, 0.5) is 0 Å². The van der Waals surface area contributed by atoms with E-state index in [1.54, 1.807) is 6.07 Å². The number of hydrogen-bond acceptors (Lipinski definition) is 4. The lowest BCUT2D eigenvalue weighted by Crippen LogP contribution is -2.08. The van der Waals surface area contributed by atoms with Crippen molar-refractivity contribution >= 4 is 14.7 Å². The van der Waals surface area contributed by atoms with Crippen LogP contribution in [0, 0.1) is 0 Å². The third-order valence-corrected chi connectivity index (χ3v) is 12.4. The average molecular weight is 623 g/mol. The van der Waals surface area contributed by atoms with E-state index in [1.807, 2.05) is 91.0 Å². The first-order valence-electron chi connectivity index (χ1n) is 15.3. The third kappa shape index (κ3) is 10.1. The Morgan fingerprint density at radius 3 is 0.909 bits per heavy atom. The van der Waals surface area contributed by atoms with E-state index in [9.17, 15) is 9.13 Å². The quantitative estimate of drug-likeness (QED) is 0.103. The van der Waals surface area contributed by atoms with E-state index in [0.717, 1.165) is 22.3 Å². The Balaban J connectivity index is 1.32. The zero-order chi connectivity index (χ0) is 30.5. The summed E-state index contributed by atoms with van der Waals surface area (Å²) in [5, 5.41) is 0. The minimum absolute atomic E-state index is 0.432. The zero-order valence-electron chi connectivity index (χ0n) is 25.0. The molecule has 0 saturated heterocycles. The molecule has 5 rings (SSSR count). The molecule has 44 heavy (non-hydrogen) atoms. The molecule has 0 bridgehead atoms. The van der Waals surface area contributed by atoms with Crippen molar-refractivity contribution in [1.29, 1.82) is 0 Å². The molecule has 0 amide bonds. The van der Waals surface area contributed by atoms with Crippen LogP contribution in [0.2, 0.25) is 0 Å². The Kier molecular flexibility index (Phi) is 11.3. The fourth-order valence-corrected chi connectivity index (χ4v) is 9.36. The Labute approximate surface area is 262 Å². The van der Waals surface area contributed by atoms with Gasteiger partial charge in [0.05, 0.1) is 0 Å². The lowest BCUT2D eigenvalue weighted by atomic mass is 10.2. The van der Waals surface area contributed by atoms with Crippen LogP contribution in [0.25, 0.3) is 0 Å². The van der Waals surface area contributed by atoms with Gasteiger partial charge in [-0.2, -0.15) is 0 Å². The topological polar surface area (TPSA) is 52.6 Å². The van der Waals surface area contributed by atoms with Gasteiger partial charge in [-0.3, -0.25) is 9.13 Å². The lowest BCUT2D eigenvalue weighted by molar-refractivity contribution is 0.470. The first kappa shape index (κ1) is 31.6. The Morgan fingerprint density at radius 2 is 0.636 bits per heavy atom. The molecule has 0 aliphatic rings. The minimum Gasteiger partial charge on any atom is -0.443 e. The number of aryl methyl sites for hydroxylation is 4. The fraction of sp³-hybridized carbons (Fsp3) is 0.211. The summed E-state index contributed by atoms with van der Waals surface area (Å²) in [6.45, 7) is 0. The molecule has 0 atom stereocenters. The van der Waals surface area contributed by atoms with Crippen LogP contribution >= 0.6 is 14.7 Å². The highest BCUT2D eigenvalue weighted by atomic mass is 31.2.